The Hall–Kier alpha value is -0.900. The van der Waals surface area contributed by atoms with Crippen molar-refractivity contribution in [1.82, 2.24) is 0 Å². The van der Waals surface area contributed by atoms with Crippen LogP contribution in [0.4, 0.5) is 0 Å². The van der Waals surface area contributed by atoms with Gasteiger partial charge in [-0.15, -0.1) is 0 Å². The highest BCUT2D eigenvalue weighted by molar-refractivity contribution is 5.90. The molecule has 4 aliphatic rings. The SMILES string of the molecule is CC(=O)OC[C@H]1[C@@H]2[C@@H]3CC[C@H]4[C@@](C)(CO)CCC[C@]4(C)[C@H]3CC(=O)[C@@]21C. The molecule has 8 atom stereocenters. The minimum atomic E-state index is -0.269. The molecule has 0 bridgehead atoms. The summed E-state index contributed by atoms with van der Waals surface area (Å²) in [6.45, 7) is 8.88. The van der Waals surface area contributed by atoms with Crippen molar-refractivity contribution in [2.75, 3.05) is 13.2 Å². The summed E-state index contributed by atoms with van der Waals surface area (Å²) in [5.74, 6) is 2.25. The molecule has 4 saturated carbocycles. The average Bonchev–Trinajstić information content (AvgIpc) is 3.20. The molecule has 0 aromatic rings. The van der Waals surface area contributed by atoms with Gasteiger partial charge in [-0.1, -0.05) is 27.2 Å². The lowest BCUT2D eigenvalue weighted by atomic mass is 9.44. The third-order valence-electron chi connectivity index (χ3n) is 9.34. The smallest absolute Gasteiger partial charge is 0.302 e. The van der Waals surface area contributed by atoms with Crippen LogP contribution < -0.4 is 0 Å². The molecule has 4 heteroatoms. The fourth-order valence-electron chi connectivity index (χ4n) is 7.87. The van der Waals surface area contributed by atoms with Crippen molar-refractivity contribution < 1.29 is 19.4 Å². The minimum Gasteiger partial charge on any atom is -0.466 e. The van der Waals surface area contributed by atoms with Crippen LogP contribution in [0.5, 0.6) is 0 Å². The summed E-state index contributed by atoms with van der Waals surface area (Å²) in [5, 5.41) is 10.1. The highest BCUT2D eigenvalue weighted by atomic mass is 16.5. The summed E-state index contributed by atoms with van der Waals surface area (Å²) in [6.07, 6.45) is 6.44. The van der Waals surface area contributed by atoms with Crippen LogP contribution in [0.3, 0.4) is 0 Å². The summed E-state index contributed by atoms with van der Waals surface area (Å²) < 4.78 is 5.31. The van der Waals surface area contributed by atoms with E-state index in [1.54, 1.807) is 0 Å². The topological polar surface area (TPSA) is 63.6 Å². The van der Waals surface area contributed by atoms with Gasteiger partial charge in [0.1, 0.15) is 5.78 Å². The van der Waals surface area contributed by atoms with Gasteiger partial charge in [-0.05, 0) is 60.2 Å². The Kier molecular flexibility index (Phi) is 4.12. The van der Waals surface area contributed by atoms with Crippen LogP contribution >= 0.6 is 0 Å². The van der Waals surface area contributed by atoms with Gasteiger partial charge in [0.15, 0.2) is 0 Å². The molecule has 4 rings (SSSR count). The number of hydrogen-bond donors (Lipinski definition) is 1. The molecule has 0 aromatic carbocycles. The normalized spacial score (nSPS) is 52.5. The highest BCUT2D eigenvalue weighted by Crippen LogP contribution is 2.74. The standard InChI is InChI=1S/C22H34O4/c1-13(24)26-11-16-19-14-6-7-17-20(2,12-23)8-5-9-21(17,3)15(14)10-18(25)22(16,19)4/h14-17,19,23H,5-12H2,1-4H3/t14-,15+,16+,17+,19+,20-,21-,22+/m1/s1. The van der Waals surface area contributed by atoms with E-state index in [9.17, 15) is 14.7 Å². The molecule has 0 radical (unpaired) electrons. The zero-order valence-corrected chi connectivity index (χ0v) is 16.7. The lowest BCUT2D eigenvalue weighted by Crippen LogP contribution is -2.55. The van der Waals surface area contributed by atoms with Crippen LogP contribution in [0.2, 0.25) is 0 Å². The Balaban J connectivity index is 1.62. The van der Waals surface area contributed by atoms with Gasteiger partial charge in [0.25, 0.3) is 0 Å². The average molecular weight is 363 g/mol. The van der Waals surface area contributed by atoms with Crippen molar-refractivity contribution in [2.45, 2.75) is 66.2 Å². The van der Waals surface area contributed by atoms with Crippen molar-refractivity contribution in [3.05, 3.63) is 0 Å². The Morgan fingerprint density at radius 3 is 2.62 bits per heavy atom. The number of fused-ring (bicyclic) bond motifs is 5. The lowest BCUT2D eigenvalue weighted by molar-refractivity contribution is -0.151. The molecule has 0 amide bonds. The molecule has 0 aliphatic heterocycles. The maximum atomic E-state index is 13.1. The fourth-order valence-corrected chi connectivity index (χ4v) is 7.87. The van der Waals surface area contributed by atoms with E-state index < -0.39 is 0 Å². The van der Waals surface area contributed by atoms with Gasteiger partial charge in [-0.25, -0.2) is 0 Å². The fraction of sp³-hybridized carbons (Fsp3) is 0.909. The number of ether oxygens (including phenoxy) is 1. The molecule has 4 nitrogen and oxygen atoms in total. The van der Waals surface area contributed by atoms with E-state index in [1.165, 1.54) is 13.3 Å². The largest absolute Gasteiger partial charge is 0.466 e. The molecule has 26 heavy (non-hydrogen) atoms. The van der Waals surface area contributed by atoms with Crippen LogP contribution in [0.15, 0.2) is 0 Å². The van der Waals surface area contributed by atoms with E-state index in [1.807, 2.05) is 0 Å². The molecular weight excluding hydrogens is 328 g/mol. The van der Waals surface area contributed by atoms with Crippen molar-refractivity contribution in [1.29, 1.82) is 0 Å². The third-order valence-corrected chi connectivity index (χ3v) is 9.34. The number of esters is 1. The summed E-state index contributed by atoms with van der Waals surface area (Å²) in [6, 6.07) is 0. The molecule has 146 valence electrons. The quantitative estimate of drug-likeness (QED) is 0.779. The number of Topliss-reactive ketones (excluding diaryl/α,β-unsaturated/α-hetero) is 1. The van der Waals surface area contributed by atoms with Crippen molar-refractivity contribution in [3.8, 4) is 0 Å². The van der Waals surface area contributed by atoms with E-state index in [-0.39, 0.29) is 34.7 Å². The van der Waals surface area contributed by atoms with Gasteiger partial charge >= 0.3 is 5.97 Å². The van der Waals surface area contributed by atoms with Gasteiger partial charge in [-0.3, -0.25) is 9.59 Å². The number of hydrogen-bond acceptors (Lipinski definition) is 4. The summed E-state index contributed by atoms with van der Waals surface area (Å²) in [4.78, 5) is 24.4. The molecule has 0 spiro atoms. The second-order valence-corrected chi connectivity index (χ2v) is 10.4. The zero-order chi connectivity index (χ0) is 18.9. The van der Waals surface area contributed by atoms with Gasteiger partial charge in [-0.2, -0.15) is 0 Å². The minimum absolute atomic E-state index is 0.00244. The Labute approximate surface area is 157 Å². The number of ketones is 1. The van der Waals surface area contributed by atoms with E-state index in [0.29, 0.717) is 42.5 Å². The van der Waals surface area contributed by atoms with Crippen molar-refractivity contribution in [3.63, 3.8) is 0 Å². The molecule has 4 fully saturated rings. The summed E-state index contributed by atoms with van der Waals surface area (Å²) >= 11 is 0. The second kappa shape index (κ2) is 5.80. The highest BCUT2D eigenvalue weighted by Gasteiger charge is 2.74. The first-order chi connectivity index (χ1) is 12.2. The molecule has 0 aromatic heterocycles. The van der Waals surface area contributed by atoms with Crippen molar-refractivity contribution >= 4 is 11.8 Å². The number of carbonyl (C=O) groups is 2. The molecule has 4 aliphatic carbocycles. The predicted molar refractivity (Wildman–Crippen MR) is 98.2 cm³/mol. The maximum Gasteiger partial charge on any atom is 0.302 e. The number of rotatable bonds is 3. The Bertz CT molecular complexity index is 630. The van der Waals surface area contributed by atoms with E-state index >= 15 is 0 Å². The zero-order valence-electron chi connectivity index (χ0n) is 16.7. The molecule has 1 N–H and O–H groups in total. The third kappa shape index (κ3) is 2.30. The first-order valence-electron chi connectivity index (χ1n) is 10.5. The molecular formula is C22H34O4. The van der Waals surface area contributed by atoms with Gasteiger partial charge < -0.3 is 9.84 Å². The number of aliphatic hydroxyl groups is 1. The number of aliphatic hydroxyl groups excluding tert-OH is 1. The van der Waals surface area contributed by atoms with Crippen LogP contribution in [-0.4, -0.2) is 30.1 Å². The monoisotopic (exact) mass is 362 g/mol. The first kappa shape index (κ1) is 18.5. The van der Waals surface area contributed by atoms with Gasteiger partial charge in [0, 0.05) is 31.3 Å². The van der Waals surface area contributed by atoms with Gasteiger partial charge in [0.2, 0.25) is 0 Å². The van der Waals surface area contributed by atoms with E-state index in [0.717, 1.165) is 25.7 Å². The van der Waals surface area contributed by atoms with E-state index in [4.69, 9.17) is 4.74 Å². The van der Waals surface area contributed by atoms with Crippen LogP contribution in [0.1, 0.15) is 66.2 Å². The molecule has 0 heterocycles. The Morgan fingerprint density at radius 1 is 1.23 bits per heavy atom. The lowest BCUT2D eigenvalue weighted by Gasteiger charge is -2.61. The van der Waals surface area contributed by atoms with Crippen molar-refractivity contribution in [2.24, 2.45) is 45.8 Å². The van der Waals surface area contributed by atoms with Crippen LogP contribution in [-0.2, 0) is 14.3 Å². The van der Waals surface area contributed by atoms with Gasteiger partial charge in [0.05, 0.1) is 6.61 Å². The van der Waals surface area contributed by atoms with E-state index in [2.05, 4.69) is 20.8 Å². The maximum absolute atomic E-state index is 13.1. The Morgan fingerprint density at radius 2 is 1.96 bits per heavy atom. The van der Waals surface area contributed by atoms with Crippen LogP contribution in [0, 0.1) is 45.8 Å². The molecule has 0 unspecified atom stereocenters. The summed E-state index contributed by atoms with van der Waals surface area (Å²) in [5.41, 5.74) is -0.110. The first-order valence-corrected chi connectivity index (χ1v) is 10.5. The summed E-state index contributed by atoms with van der Waals surface area (Å²) in [7, 11) is 0. The number of carbonyl (C=O) groups excluding carboxylic acids is 2. The molecule has 0 saturated heterocycles. The second-order valence-electron chi connectivity index (χ2n) is 10.4. The predicted octanol–water partition coefficient (Wildman–Crippen LogP) is 3.61. The van der Waals surface area contributed by atoms with Crippen LogP contribution in [0.25, 0.3) is 0 Å².